The van der Waals surface area contributed by atoms with Crippen LogP contribution in [0.4, 0.5) is 10.1 Å². The molecule has 0 unspecified atom stereocenters. The number of hydrogen-bond donors (Lipinski definition) is 1. The third-order valence-corrected chi connectivity index (χ3v) is 7.96. The molecule has 1 N–H and O–H groups in total. The first kappa shape index (κ1) is 30.8. The first-order valence-corrected chi connectivity index (χ1v) is 15.3. The summed E-state index contributed by atoms with van der Waals surface area (Å²) in [7, 11) is -3.58. The second kappa shape index (κ2) is 14.6. The topological polar surface area (TPSA) is 86.8 Å². The van der Waals surface area contributed by atoms with Crippen molar-refractivity contribution in [1.82, 2.24) is 10.2 Å². The summed E-state index contributed by atoms with van der Waals surface area (Å²) in [6, 6.07) is 23.3. The highest BCUT2D eigenvalue weighted by Crippen LogP contribution is 2.21. The quantitative estimate of drug-likeness (QED) is 0.299. The van der Waals surface area contributed by atoms with Crippen molar-refractivity contribution in [2.75, 3.05) is 17.1 Å². The molecule has 9 heteroatoms. The van der Waals surface area contributed by atoms with Crippen molar-refractivity contribution in [3.8, 4) is 0 Å². The van der Waals surface area contributed by atoms with Crippen LogP contribution in [0.5, 0.6) is 0 Å². The average molecular weight is 568 g/mol. The first-order valence-electron chi connectivity index (χ1n) is 13.5. The van der Waals surface area contributed by atoms with Crippen LogP contribution in [-0.4, -0.2) is 50.0 Å². The van der Waals surface area contributed by atoms with Crippen molar-refractivity contribution in [3.05, 3.63) is 102 Å². The number of nitrogens with zero attached hydrogens (tertiary/aromatic N) is 2. The van der Waals surface area contributed by atoms with Crippen LogP contribution in [0.2, 0.25) is 0 Å². The van der Waals surface area contributed by atoms with Crippen LogP contribution < -0.4 is 9.62 Å². The maximum absolute atomic E-state index is 14.7. The van der Waals surface area contributed by atoms with Gasteiger partial charge in [-0.05, 0) is 43.5 Å². The van der Waals surface area contributed by atoms with Gasteiger partial charge in [-0.3, -0.25) is 13.9 Å². The fraction of sp³-hybridized carbons (Fsp3) is 0.355. The Morgan fingerprint density at radius 2 is 1.52 bits per heavy atom. The molecule has 40 heavy (non-hydrogen) atoms. The Balaban J connectivity index is 1.89. The van der Waals surface area contributed by atoms with Gasteiger partial charge in [0, 0.05) is 37.5 Å². The molecule has 0 heterocycles. The van der Waals surface area contributed by atoms with Gasteiger partial charge in [0.2, 0.25) is 21.8 Å². The number of sulfonamides is 1. The van der Waals surface area contributed by atoms with Crippen LogP contribution in [0.3, 0.4) is 0 Å². The smallest absolute Gasteiger partial charge is 0.243 e. The highest BCUT2D eigenvalue weighted by molar-refractivity contribution is 7.92. The number of carbonyl (C=O) groups excluding carboxylic acids is 2. The minimum atomic E-state index is -3.58. The Kier molecular flexibility index (Phi) is 11.3. The van der Waals surface area contributed by atoms with E-state index in [1.165, 1.54) is 15.3 Å². The molecule has 3 aromatic rings. The van der Waals surface area contributed by atoms with Crippen molar-refractivity contribution in [2.24, 2.45) is 0 Å². The molecule has 0 aromatic heterocycles. The lowest BCUT2D eigenvalue weighted by Gasteiger charge is -2.32. The predicted octanol–water partition coefficient (Wildman–Crippen LogP) is 4.93. The van der Waals surface area contributed by atoms with Gasteiger partial charge in [0.15, 0.2) is 0 Å². The molecule has 0 aliphatic heterocycles. The lowest BCUT2D eigenvalue weighted by Crippen LogP contribution is -2.52. The third-order valence-electron chi connectivity index (χ3n) is 6.77. The van der Waals surface area contributed by atoms with E-state index in [9.17, 15) is 22.4 Å². The molecule has 0 bridgehead atoms. The summed E-state index contributed by atoms with van der Waals surface area (Å²) in [6.07, 6.45) is 2.30. The molecule has 7 nitrogen and oxygen atoms in total. The Hall–Kier alpha value is -3.72. The Bertz CT molecular complexity index is 1350. The van der Waals surface area contributed by atoms with E-state index in [0.29, 0.717) is 17.7 Å². The largest absolute Gasteiger partial charge is 0.352 e. The zero-order valence-corrected chi connectivity index (χ0v) is 24.1. The summed E-state index contributed by atoms with van der Waals surface area (Å²) in [5.41, 5.74) is 1.67. The van der Waals surface area contributed by atoms with Gasteiger partial charge in [-0.15, -0.1) is 0 Å². The van der Waals surface area contributed by atoms with Gasteiger partial charge >= 0.3 is 0 Å². The first-order chi connectivity index (χ1) is 19.1. The van der Waals surface area contributed by atoms with Crippen LogP contribution in [0.25, 0.3) is 0 Å². The van der Waals surface area contributed by atoms with E-state index >= 15 is 0 Å². The van der Waals surface area contributed by atoms with E-state index in [0.717, 1.165) is 11.8 Å². The molecule has 2 amide bonds. The number of benzene rings is 3. The Morgan fingerprint density at radius 1 is 0.925 bits per heavy atom. The number of nitrogens with one attached hydrogen (secondary N) is 1. The Labute approximate surface area is 237 Å². The number of carbonyl (C=O) groups is 2. The summed E-state index contributed by atoms with van der Waals surface area (Å²) < 4.78 is 41.0. The van der Waals surface area contributed by atoms with Gasteiger partial charge in [0.1, 0.15) is 11.9 Å². The molecule has 0 radical (unpaired) electrons. The van der Waals surface area contributed by atoms with E-state index in [1.54, 1.807) is 48.5 Å². The maximum Gasteiger partial charge on any atom is 0.243 e. The maximum atomic E-state index is 14.7. The summed E-state index contributed by atoms with van der Waals surface area (Å²) >= 11 is 0. The van der Waals surface area contributed by atoms with Crippen LogP contribution in [0, 0.1) is 5.82 Å². The van der Waals surface area contributed by atoms with Gasteiger partial charge in [-0.25, -0.2) is 12.8 Å². The highest BCUT2D eigenvalue weighted by Gasteiger charge is 2.31. The standard InChI is InChI=1S/C31H38FN3O4S/c1-4-24(2)33-31(37)29(22-25-14-7-5-8-15-25)34(23-26-16-11-12-19-28(26)32)30(36)20-13-21-35(40(3,38)39)27-17-9-6-10-18-27/h5-12,14-19,24,29H,4,13,20-23H2,1-3H3,(H,33,37)/t24-,29-/m0/s1. The predicted molar refractivity (Wildman–Crippen MR) is 157 cm³/mol. The zero-order valence-electron chi connectivity index (χ0n) is 23.3. The van der Waals surface area contributed by atoms with Crippen molar-refractivity contribution in [1.29, 1.82) is 0 Å². The molecule has 3 rings (SSSR count). The normalized spacial score (nSPS) is 12.8. The molecule has 0 aliphatic rings. The molecular formula is C31H38FN3O4S. The lowest BCUT2D eigenvalue weighted by atomic mass is 10.0. The number of anilines is 1. The van der Waals surface area contributed by atoms with Crippen molar-refractivity contribution in [2.45, 2.75) is 58.2 Å². The number of hydrogen-bond acceptors (Lipinski definition) is 4. The fourth-order valence-corrected chi connectivity index (χ4v) is 5.37. The van der Waals surface area contributed by atoms with Gasteiger partial charge in [-0.2, -0.15) is 0 Å². The number of halogens is 1. The van der Waals surface area contributed by atoms with Crippen LogP contribution in [-0.2, 0) is 32.6 Å². The lowest BCUT2D eigenvalue weighted by molar-refractivity contribution is -0.141. The van der Waals surface area contributed by atoms with Crippen molar-refractivity contribution in [3.63, 3.8) is 0 Å². The monoisotopic (exact) mass is 567 g/mol. The SMILES string of the molecule is CC[C@H](C)NC(=O)[C@H](Cc1ccccc1)N(Cc1ccccc1F)C(=O)CCCN(c1ccccc1)S(C)(=O)=O. The molecule has 214 valence electrons. The molecule has 0 saturated carbocycles. The average Bonchev–Trinajstić information content (AvgIpc) is 2.94. The minimum Gasteiger partial charge on any atom is -0.352 e. The van der Waals surface area contributed by atoms with Gasteiger partial charge < -0.3 is 10.2 Å². The van der Waals surface area contributed by atoms with Crippen molar-refractivity contribution >= 4 is 27.5 Å². The number of para-hydroxylation sites is 1. The minimum absolute atomic E-state index is 0.0186. The highest BCUT2D eigenvalue weighted by atomic mass is 32.2. The molecule has 2 atom stereocenters. The van der Waals surface area contributed by atoms with Gasteiger partial charge in [0.25, 0.3) is 0 Å². The number of rotatable bonds is 14. The second-order valence-corrected chi connectivity index (χ2v) is 11.8. The Morgan fingerprint density at radius 3 is 2.12 bits per heavy atom. The second-order valence-electron chi connectivity index (χ2n) is 9.91. The summed E-state index contributed by atoms with van der Waals surface area (Å²) in [4.78, 5) is 28.8. The molecule has 0 spiro atoms. The summed E-state index contributed by atoms with van der Waals surface area (Å²) in [6.45, 7) is 3.85. The van der Waals surface area contributed by atoms with Crippen LogP contribution in [0.15, 0.2) is 84.9 Å². The van der Waals surface area contributed by atoms with E-state index in [-0.39, 0.29) is 50.2 Å². The van der Waals surface area contributed by atoms with Crippen molar-refractivity contribution < 1.29 is 22.4 Å². The molecule has 0 fully saturated rings. The van der Waals surface area contributed by atoms with Crippen LogP contribution in [0.1, 0.15) is 44.2 Å². The van der Waals surface area contributed by atoms with E-state index in [1.807, 2.05) is 44.2 Å². The van der Waals surface area contributed by atoms with Gasteiger partial charge in [-0.1, -0.05) is 73.7 Å². The molecule has 0 aliphatic carbocycles. The third kappa shape index (κ3) is 8.91. The van der Waals surface area contributed by atoms with Crippen LogP contribution >= 0.6 is 0 Å². The van der Waals surface area contributed by atoms with E-state index < -0.39 is 21.9 Å². The zero-order chi connectivity index (χ0) is 29.1. The molecular weight excluding hydrogens is 529 g/mol. The van der Waals surface area contributed by atoms with E-state index in [4.69, 9.17) is 0 Å². The number of amides is 2. The van der Waals surface area contributed by atoms with Gasteiger partial charge in [0.05, 0.1) is 11.9 Å². The molecule has 3 aromatic carbocycles. The molecule has 0 saturated heterocycles. The fourth-order valence-electron chi connectivity index (χ4n) is 4.40. The summed E-state index contributed by atoms with van der Waals surface area (Å²) in [5, 5.41) is 2.99. The van der Waals surface area contributed by atoms with E-state index in [2.05, 4.69) is 5.32 Å². The summed E-state index contributed by atoms with van der Waals surface area (Å²) in [5.74, 6) is -1.14.